The number of nitrogens with one attached hydrogen (secondary N) is 3. The van der Waals surface area contributed by atoms with Crippen molar-refractivity contribution >= 4 is 35.6 Å². The number of nitrogens with zero attached hydrogens (tertiary/aromatic N) is 1. The number of hydrogen-bond acceptors (Lipinski definition) is 9. The summed E-state index contributed by atoms with van der Waals surface area (Å²) in [4.78, 5) is 77.8. The molecular weight excluding hydrogens is 632 g/mol. The van der Waals surface area contributed by atoms with Gasteiger partial charge in [0.05, 0.1) is 18.7 Å². The van der Waals surface area contributed by atoms with Crippen molar-refractivity contribution in [1.29, 1.82) is 0 Å². The minimum Gasteiger partial charge on any atom is -0.461 e. The number of carbonyl (C=O) groups excluding carboxylic acids is 6. The van der Waals surface area contributed by atoms with Gasteiger partial charge in [-0.2, -0.15) is 0 Å². The number of ketones is 1. The van der Waals surface area contributed by atoms with Crippen molar-refractivity contribution in [3.8, 4) is 0 Å². The molecule has 2 fully saturated rings. The number of unbranched alkanes of at least 4 members (excludes halogenated alkanes) is 1. The van der Waals surface area contributed by atoms with E-state index in [4.69, 9.17) is 9.47 Å². The molecule has 0 spiro atoms. The van der Waals surface area contributed by atoms with Crippen LogP contribution >= 0.6 is 0 Å². The van der Waals surface area contributed by atoms with E-state index in [9.17, 15) is 33.9 Å². The molecule has 0 radical (unpaired) electrons. The maximum Gasteiger partial charge on any atom is 0.408 e. The Morgan fingerprint density at radius 1 is 0.857 bits per heavy atom. The van der Waals surface area contributed by atoms with E-state index in [-0.39, 0.29) is 11.8 Å². The summed E-state index contributed by atoms with van der Waals surface area (Å²) >= 11 is 0. The van der Waals surface area contributed by atoms with Crippen LogP contribution in [0.1, 0.15) is 140 Å². The molecule has 1 aliphatic heterocycles. The molecule has 0 aromatic carbocycles. The minimum absolute atomic E-state index is 0.0924. The molecule has 0 aromatic heterocycles. The first-order chi connectivity index (χ1) is 23.0. The first-order valence-corrected chi connectivity index (χ1v) is 18.3. The zero-order chi connectivity index (χ0) is 37.7. The van der Waals surface area contributed by atoms with Crippen molar-refractivity contribution in [2.24, 2.45) is 5.92 Å². The molecule has 13 heteroatoms. The Morgan fingerprint density at radius 2 is 1.43 bits per heavy atom. The predicted octanol–water partition coefficient (Wildman–Crippen LogP) is 4.57. The molecule has 4 unspecified atom stereocenters. The Morgan fingerprint density at radius 3 is 1.94 bits per heavy atom. The predicted molar refractivity (Wildman–Crippen MR) is 188 cm³/mol. The maximum absolute atomic E-state index is 13.8. The number of Topliss-reactive ketones (excluding diaryl/α,β-unsaturated/α-hetero) is 1. The van der Waals surface area contributed by atoms with Crippen LogP contribution in [0.2, 0.25) is 0 Å². The van der Waals surface area contributed by atoms with E-state index >= 15 is 0 Å². The number of hydrogen-bond donors (Lipinski definition) is 4. The van der Waals surface area contributed by atoms with E-state index in [0.717, 1.165) is 32.1 Å². The Balaban J connectivity index is 0.00000300. The summed E-state index contributed by atoms with van der Waals surface area (Å²) in [5.74, 6) is -4.06. The van der Waals surface area contributed by atoms with Gasteiger partial charge in [0.15, 0.2) is 6.10 Å². The largest absolute Gasteiger partial charge is 0.461 e. The second kappa shape index (κ2) is 24.0. The standard InChI is InChI=1S/C29H48N4O9.C4H10.C3H8/c1-7-29(5,6)42-28(40)32-22(19-12-9-8-10-13-19)26(38)33-15-11-14-20(33)24(36)31-18(4)23(35)25(37)30-16-21(34)27(39)41-17(2)3;1-3-4-2;1-3-2/h17-22,34H,7-16H2,1-6H3,(H,30,37)(H,31,36)(H,32,40);3-4H2,1-2H3;3H2,1-2H3. The summed E-state index contributed by atoms with van der Waals surface area (Å²) in [6, 6.07) is -2.95. The summed E-state index contributed by atoms with van der Waals surface area (Å²) in [5.41, 5.74) is -0.704. The van der Waals surface area contributed by atoms with Crippen LogP contribution in [-0.4, -0.2) is 94.6 Å². The van der Waals surface area contributed by atoms with Crippen molar-refractivity contribution in [2.75, 3.05) is 13.1 Å². The van der Waals surface area contributed by atoms with Crippen molar-refractivity contribution < 1.29 is 43.3 Å². The highest BCUT2D eigenvalue weighted by molar-refractivity contribution is 6.38. The molecule has 2 rings (SSSR count). The van der Waals surface area contributed by atoms with Crippen LogP contribution in [0, 0.1) is 5.92 Å². The van der Waals surface area contributed by atoms with Gasteiger partial charge in [0, 0.05) is 6.54 Å². The summed E-state index contributed by atoms with van der Waals surface area (Å²) in [7, 11) is 0. The van der Waals surface area contributed by atoms with E-state index in [1.165, 1.54) is 31.1 Å². The molecule has 4 atom stereocenters. The summed E-state index contributed by atoms with van der Waals surface area (Å²) < 4.78 is 10.4. The molecule has 2 aliphatic rings. The SMILES string of the molecule is CCC.CCC(C)(C)OC(=O)NC(C(=O)N1CCCC1C(=O)NC(C)C(=O)C(=O)NCC(O)C(=O)OC(C)C)C1CCCCC1.CCCC. The molecule has 4 amide bonds. The number of carbonyl (C=O) groups is 6. The number of ether oxygens (including phenoxy) is 2. The molecule has 1 saturated carbocycles. The lowest BCUT2D eigenvalue weighted by molar-refractivity contribution is -0.157. The van der Waals surface area contributed by atoms with Gasteiger partial charge in [0.2, 0.25) is 17.6 Å². The molecular formula is C36H66N4O9. The van der Waals surface area contributed by atoms with Crippen LogP contribution < -0.4 is 16.0 Å². The highest BCUT2D eigenvalue weighted by Crippen LogP contribution is 2.30. The van der Waals surface area contributed by atoms with E-state index in [1.807, 2.05) is 6.92 Å². The van der Waals surface area contributed by atoms with E-state index in [2.05, 4.69) is 43.6 Å². The maximum atomic E-state index is 13.8. The fourth-order valence-corrected chi connectivity index (χ4v) is 5.05. The Bertz CT molecular complexity index is 1040. The molecule has 13 nitrogen and oxygen atoms in total. The van der Waals surface area contributed by atoms with Gasteiger partial charge in [-0.25, -0.2) is 9.59 Å². The highest BCUT2D eigenvalue weighted by atomic mass is 16.6. The molecule has 0 bridgehead atoms. The van der Waals surface area contributed by atoms with Gasteiger partial charge < -0.3 is 35.4 Å². The van der Waals surface area contributed by atoms with Crippen LogP contribution in [0.5, 0.6) is 0 Å². The van der Waals surface area contributed by atoms with Gasteiger partial charge in [-0.15, -0.1) is 0 Å². The number of aliphatic hydroxyl groups excluding tert-OH is 1. The number of aliphatic hydroxyl groups is 1. The molecule has 1 saturated heterocycles. The first kappa shape index (κ1) is 45.8. The fourth-order valence-electron chi connectivity index (χ4n) is 5.05. The molecule has 0 aromatic rings. The van der Waals surface area contributed by atoms with Gasteiger partial charge in [0.1, 0.15) is 17.7 Å². The summed E-state index contributed by atoms with van der Waals surface area (Å²) in [5, 5.41) is 17.3. The van der Waals surface area contributed by atoms with Crippen LogP contribution in [-0.2, 0) is 33.4 Å². The highest BCUT2D eigenvalue weighted by Gasteiger charge is 2.42. The molecule has 1 heterocycles. The third-order valence-corrected chi connectivity index (χ3v) is 8.28. The second-order valence-electron chi connectivity index (χ2n) is 13.7. The Hall–Kier alpha value is -3.22. The third-order valence-electron chi connectivity index (χ3n) is 8.28. The third kappa shape index (κ3) is 17.3. The molecule has 1 aliphatic carbocycles. The van der Waals surface area contributed by atoms with Gasteiger partial charge in [-0.3, -0.25) is 19.2 Å². The zero-order valence-corrected chi connectivity index (χ0v) is 31.8. The van der Waals surface area contributed by atoms with Gasteiger partial charge in [0.25, 0.3) is 5.91 Å². The van der Waals surface area contributed by atoms with Gasteiger partial charge in [-0.05, 0) is 72.6 Å². The Kier molecular flexibility index (Phi) is 22.4. The molecule has 284 valence electrons. The van der Waals surface area contributed by atoms with Crippen LogP contribution in [0.25, 0.3) is 0 Å². The normalized spacial score (nSPS) is 18.0. The second-order valence-corrected chi connectivity index (χ2v) is 13.7. The van der Waals surface area contributed by atoms with Crippen LogP contribution in [0.4, 0.5) is 4.79 Å². The number of amides is 4. The first-order valence-electron chi connectivity index (χ1n) is 18.3. The van der Waals surface area contributed by atoms with Crippen LogP contribution in [0.3, 0.4) is 0 Å². The van der Waals surface area contributed by atoms with Crippen molar-refractivity contribution in [1.82, 2.24) is 20.9 Å². The average molecular weight is 699 g/mol. The van der Waals surface area contributed by atoms with Crippen molar-refractivity contribution in [3.63, 3.8) is 0 Å². The van der Waals surface area contributed by atoms with Crippen molar-refractivity contribution in [2.45, 2.75) is 176 Å². The van der Waals surface area contributed by atoms with E-state index in [1.54, 1.807) is 27.7 Å². The monoisotopic (exact) mass is 698 g/mol. The topological polar surface area (TPSA) is 180 Å². The fraction of sp³-hybridized carbons (Fsp3) is 0.833. The lowest BCUT2D eigenvalue weighted by Gasteiger charge is -2.35. The molecule has 49 heavy (non-hydrogen) atoms. The number of esters is 1. The smallest absolute Gasteiger partial charge is 0.408 e. The Labute approximate surface area is 294 Å². The minimum atomic E-state index is -1.65. The number of rotatable bonds is 14. The van der Waals surface area contributed by atoms with Gasteiger partial charge >= 0.3 is 12.1 Å². The van der Waals surface area contributed by atoms with Crippen LogP contribution in [0.15, 0.2) is 0 Å². The van der Waals surface area contributed by atoms with Crippen molar-refractivity contribution in [3.05, 3.63) is 0 Å². The summed E-state index contributed by atoms with van der Waals surface area (Å²) in [6.45, 7) is 18.4. The number of alkyl carbamates (subject to hydrolysis) is 1. The lowest BCUT2D eigenvalue weighted by atomic mass is 9.83. The molecule has 4 N–H and O–H groups in total. The zero-order valence-electron chi connectivity index (χ0n) is 31.8. The average Bonchev–Trinajstić information content (AvgIpc) is 3.56. The van der Waals surface area contributed by atoms with Gasteiger partial charge in [-0.1, -0.05) is 73.1 Å². The van der Waals surface area contributed by atoms with E-state index < -0.39 is 72.1 Å². The lowest BCUT2D eigenvalue weighted by Crippen LogP contribution is -2.58. The van der Waals surface area contributed by atoms with E-state index in [0.29, 0.717) is 25.8 Å². The number of likely N-dealkylation sites (tertiary alicyclic amines) is 1. The quantitative estimate of drug-likeness (QED) is 0.149. The summed E-state index contributed by atoms with van der Waals surface area (Å²) in [6.07, 6.45) is 7.07.